The van der Waals surface area contributed by atoms with Crippen molar-refractivity contribution in [3.8, 4) is 5.75 Å². The summed E-state index contributed by atoms with van der Waals surface area (Å²) in [6.07, 6.45) is 0. The van der Waals surface area contributed by atoms with Crippen LogP contribution in [0, 0.1) is 0 Å². The zero-order valence-corrected chi connectivity index (χ0v) is 15.2. The van der Waals surface area contributed by atoms with E-state index in [1.165, 1.54) is 40.9 Å². The molecule has 2 fully saturated rings. The molecule has 26 heavy (non-hydrogen) atoms. The molecule has 0 saturated carbocycles. The number of fused-ring (bicyclic) bond motifs is 1. The summed E-state index contributed by atoms with van der Waals surface area (Å²) in [6, 6.07) is 3.21. The number of carboxylic acids is 1. The lowest BCUT2D eigenvalue weighted by Crippen LogP contribution is -2.71. The van der Waals surface area contributed by atoms with E-state index in [2.05, 4.69) is 5.32 Å². The van der Waals surface area contributed by atoms with Gasteiger partial charge in [-0.05, 0) is 31.5 Å². The van der Waals surface area contributed by atoms with Crippen LogP contribution in [0.25, 0.3) is 0 Å². The molecule has 0 aliphatic carbocycles. The molecule has 0 aromatic heterocycles. The number of thioether (sulfide) groups is 1. The third-order valence-electron chi connectivity index (χ3n) is 4.51. The summed E-state index contributed by atoms with van der Waals surface area (Å²) in [7, 11) is 0. The van der Waals surface area contributed by atoms with Crippen LogP contribution in [0.1, 0.15) is 25.5 Å². The number of rotatable bonds is 4. The molecule has 2 heterocycles. The second kappa shape index (κ2) is 6.78. The van der Waals surface area contributed by atoms with Crippen molar-refractivity contribution in [3.63, 3.8) is 0 Å². The predicted octanol–water partition coefficient (Wildman–Crippen LogP) is 0.186. The van der Waals surface area contributed by atoms with Crippen LogP contribution in [0.4, 0.5) is 0 Å². The van der Waals surface area contributed by atoms with E-state index in [-0.39, 0.29) is 11.9 Å². The van der Waals surface area contributed by atoms with Crippen molar-refractivity contribution in [2.75, 3.05) is 0 Å². The van der Waals surface area contributed by atoms with Gasteiger partial charge in [0, 0.05) is 4.75 Å². The van der Waals surface area contributed by atoms with Gasteiger partial charge in [-0.25, -0.2) is 4.79 Å². The Bertz CT molecular complexity index is 739. The van der Waals surface area contributed by atoms with Gasteiger partial charge in [0.05, 0.1) is 0 Å². The molecule has 9 nitrogen and oxygen atoms in total. The van der Waals surface area contributed by atoms with Crippen molar-refractivity contribution < 1.29 is 24.6 Å². The highest BCUT2D eigenvalue weighted by Crippen LogP contribution is 2.50. The Kier molecular flexibility index (Phi) is 5.22. The lowest BCUT2D eigenvalue weighted by molar-refractivity contribution is -0.161. The van der Waals surface area contributed by atoms with Gasteiger partial charge in [-0.2, -0.15) is 0 Å². The van der Waals surface area contributed by atoms with Crippen LogP contribution in [0.5, 0.6) is 5.75 Å². The fraction of sp³-hybridized carbons (Fsp3) is 0.438. The standard InChI is InChI=1S/C16H19N3O5S.H3N/c1-16(2)11(15(23)24)19-13(22)10(14(19)25-16)18-12(21)9(17)7-3-5-8(20)6-4-7;/h3-6,9-11,14,20H,17H2,1-2H3,(H,18,21)(H,23,24);1H3/t9?,10-,11+,14-;/m1./s1. The molecule has 10 heteroatoms. The summed E-state index contributed by atoms with van der Waals surface area (Å²) in [5.74, 6) is -1.94. The maximum Gasteiger partial charge on any atom is 0.327 e. The Morgan fingerprint density at radius 3 is 2.42 bits per heavy atom. The highest BCUT2D eigenvalue weighted by atomic mass is 32.2. The van der Waals surface area contributed by atoms with Crippen LogP contribution < -0.4 is 17.2 Å². The molecule has 1 unspecified atom stereocenters. The van der Waals surface area contributed by atoms with Gasteiger partial charge in [0.25, 0.3) is 0 Å². The number of benzene rings is 1. The SMILES string of the molecule is CC1(C)S[C@@H]2[C@H](NC(=O)C(N)c3ccc(O)cc3)C(=O)N2[C@H]1C(=O)O.N. The zero-order chi connectivity index (χ0) is 18.5. The number of nitrogens with zero attached hydrogens (tertiary/aromatic N) is 1. The number of aliphatic carboxylic acids is 1. The van der Waals surface area contributed by atoms with Crippen LogP contribution >= 0.6 is 11.8 Å². The molecule has 2 saturated heterocycles. The molecule has 1 aromatic rings. The summed E-state index contributed by atoms with van der Waals surface area (Å²) in [5.41, 5.74) is 6.41. The summed E-state index contributed by atoms with van der Waals surface area (Å²) in [6.45, 7) is 3.53. The van der Waals surface area contributed by atoms with Gasteiger partial charge in [0.15, 0.2) is 0 Å². The van der Waals surface area contributed by atoms with Crippen LogP contribution in [0.2, 0.25) is 0 Å². The first kappa shape index (κ1) is 20.0. The largest absolute Gasteiger partial charge is 0.508 e. The lowest BCUT2D eigenvalue weighted by Gasteiger charge is -2.43. The number of hydrogen-bond acceptors (Lipinski definition) is 7. The van der Waals surface area contributed by atoms with Crippen LogP contribution in [-0.2, 0) is 14.4 Å². The minimum absolute atomic E-state index is 0. The number of nitrogens with two attached hydrogens (primary N) is 1. The average molecular weight is 382 g/mol. The normalized spacial score (nSPS) is 27.0. The monoisotopic (exact) mass is 382 g/mol. The first-order valence-electron chi connectivity index (χ1n) is 7.71. The van der Waals surface area contributed by atoms with Crippen molar-refractivity contribution in [1.82, 2.24) is 16.4 Å². The predicted molar refractivity (Wildman–Crippen MR) is 95.7 cm³/mol. The molecule has 2 aliphatic rings. The molecular formula is C16H22N4O5S. The topological polar surface area (TPSA) is 168 Å². The fourth-order valence-corrected chi connectivity index (χ4v) is 4.85. The number of phenolic OH excluding ortho intramolecular Hbond substituents is 1. The number of carbonyl (C=O) groups excluding carboxylic acids is 2. The quantitative estimate of drug-likeness (QED) is 0.460. The molecule has 2 aliphatic heterocycles. The molecule has 0 spiro atoms. The number of β-lactam (4-membered cyclic amide) rings is 1. The van der Waals surface area contributed by atoms with E-state index >= 15 is 0 Å². The van der Waals surface area contributed by atoms with E-state index in [4.69, 9.17) is 5.73 Å². The van der Waals surface area contributed by atoms with E-state index in [1.54, 1.807) is 13.8 Å². The van der Waals surface area contributed by atoms with Gasteiger partial charge in [-0.15, -0.1) is 11.8 Å². The Balaban J connectivity index is 0.00000243. The molecule has 0 radical (unpaired) electrons. The molecule has 142 valence electrons. The molecule has 2 amide bonds. The molecule has 0 bridgehead atoms. The minimum atomic E-state index is -1.06. The van der Waals surface area contributed by atoms with E-state index in [0.717, 1.165) is 0 Å². The number of amides is 2. The number of carbonyl (C=O) groups is 3. The maximum atomic E-state index is 12.3. The minimum Gasteiger partial charge on any atom is -0.508 e. The van der Waals surface area contributed by atoms with E-state index in [9.17, 15) is 24.6 Å². The molecular weight excluding hydrogens is 360 g/mol. The Morgan fingerprint density at radius 1 is 1.31 bits per heavy atom. The Hall–Kier alpha value is -2.30. The first-order chi connectivity index (χ1) is 11.6. The van der Waals surface area contributed by atoms with Crippen LogP contribution in [-0.4, -0.2) is 55.1 Å². The third kappa shape index (κ3) is 3.11. The van der Waals surface area contributed by atoms with Gasteiger partial charge in [-0.1, -0.05) is 12.1 Å². The van der Waals surface area contributed by atoms with Crippen molar-refractivity contribution in [2.45, 2.75) is 42.1 Å². The maximum absolute atomic E-state index is 12.3. The lowest BCUT2D eigenvalue weighted by atomic mass is 9.95. The Labute approximate surface area is 154 Å². The zero-order valence-electron chi connectivity index (χ0n) is 14.4. The average Bonchev–Trinajstić information content (AvgIpc) is 2.80. The van der Waals surface area contributed by atoms with Crippen molar-refractivity contribution in [1.29, 1.82) is 0 Å². The van der Waals surface area contributed by atoms with E-state index in [0.29, 0.717) is 5.56 Å². The molecule has 1 aromatic carbocycles. The number of carboxylic acid groups (broad SMARTS) is 1. The molecule has 3 rings (SSSR count). The number of phenols is 1. The van der Waals surface area contributed by atoms with Gasteiger partial charge in [0.2, 0.25) is 11.8 Å². The van der Waals surface area contributed by atoms with Crippen molar-refractivity contribution in [2.24, 2.45) is 5.73 Å². The first-order valence-corrected chi connectivity index (χ1v) is 8.59. The summed E-state index contributed by atoms with van der Waals surface area (Å²) in [5, 5.41) is 20.9. The smallest absolute Gasteiger partial charge is 0.327 e. The highest BCUT2D eigenvalue weighted by molar-refractivity contribution is 8.01. The Morgan fingerprint density at radius 2 is 1.88 bits per heavy atom. The van der Waals surface area contributed by atoms with E-state index in [1.807, 2.05) is 0 Å². The van der Waals surface area contributed by atoms with Crippen LogP contribution in [0.3, 0.4) is 0 Å². The highest BCUT2D eigenvalue weighted by Gasteiger charge is 2.64. The summed E-state index contributed by atoms with van der Waals surface area (Å²) >= 11 is 1.35. The van der Waals surface area contributed by atoms with Gasteiger partial charge in [0.1, 0.15) is 29.2 Å². The van der Waals surface area contributed by atoms with Gasteiger partial charge >= 0.3 is 5.97 Å². The number of aromatic hydroxyl groups is 1. The van der Waals surface area contributed by atoms with Crippen molar-refractivity contribution >= 4 is 29.5 Å². The second-order valence-electron chi connectivity index (χ2n) is 6.65. The van der Waals surface area contributed by atoms with E-state index < -0.39 is 46.0 Å². The summed E-state index contributed by atoms with van der Waals surface area (Å²) < 4.78 is -0.648. The van der Waals surface area contributed by atoms with Gasteiger partial charge in [-0.3, -0.25) is 9.59 Å². The summed E-state index contributed by atoms with van der Waals surface area (Å²) in [4.78, 5) is 37.5. The molecule has 4 atom stereocenters. The third-order valence-corrected chi connectivity index (χ3v) is 6.08. The number of hydrogen-bond donors (Lipinski definition) is 5. The fourth-order valence-electron chi connectivity index (χ4n) is 3.22. The van der Waals surface area contributed by atoms with Crippen LogP contribution in [0.15, 0.2) is 24.3 Å². The van der Waals surface area contributed by atoms with Gasteiger partial charge < -0.3 is 32.3 Å². The molecule has 8 N–H and O–H groups in total. The second-order valence-corrected chi connectivity index (χ2v) is 8.42. The van der Waals surface area contributed by atoms with Crippen molar-refractivity contribution in [3.05, 3.63) is 29.8 Å². The number of nitrogens with one attached hydrogen (secondary N) is 1.